The molecule has 2 aromatic rings. The summed E-state index contributed by atoms with van der Waals surface area (Å²) in [5.74, 6) is -0.139. The van der Waals surface area contributed by atoms with Crippen LogP contribution in [0.5, 0.6) is 23.0 Å². The molecule has 0 saturated carbocycles. The van der Waals surface area contributed by atoms with Gasteiger partial charge in [0.1, 0.15) is 0 Å². The Morgan fingerprint density at radius 3 is 0.917 bits per heavy atom. The van der Waals surface area contributed by atoms with Crippen molar-refractivity contribution in [3.8, 4) is 23.0 Å². The van der Waals surface area contributed by atoms with E-state index < -0.39 is 0 Å². The predicted molar refractivity (Wildman–Crippen MR) is 101 cm³/mol. The van der Waals surface area contributed by atoms with Gasteiger partial charge in [-0.25, -0.2) is 0 Å². The highest BCUT2D eigenvalue weighted by Crippen LogP contribution is 2.31. The van der Waals surface area contributed by atoms with Gasteiger partial charge in [0.25, 0.3) is 0 Å². The molecule has 4 rings (SSSR count). The minimum Gasteiger partial charge on any atom is -0.504 e. The molecule has 2 heterocycles. The number of phenolic OH excluding ortho intramolecular Hbond substituents is 4. The Balaban J connectivity index is 0.000000222. The molecule has 2 aliphatic heterocycles. The van der Waals surface area contributed by atoms with Crippen molar-refractivity contribution in [2.45, 2.75) is 26.2 Å². The number of phenols is 4. The number of benzene rings is 2. The molecular weight excluding hydrogens is 444 g/mol. The summed E-state index contributed by atoms with van der Waals surface area (Å²) in [5, 5.41) is 42.7. The Labute approximate surface area is 160 Å². The molecule has 0 radical (unpaired) electrons. The molecule has 132 valence electrons. The number of halogens is 2. The second-order valence-corrected chi connectivity index (χ2v) is 5.43. The summed E-state index contributed by atoms with van der Waals surface area (Å²) in [7, 11) is 0. The van der Waals surface area contributed by atoms with E-state index in [4.69, 9.17) is 20.4 Å². The molecule has 0 saturated heterocycles. The number of fused-ring (bicyclic) bond motifs is 2. The minimum absolute atomic E-state index is 0. The SMILES string of the molecule is Br.Br.Oc1cc2c(cc1O)CNC2.Oc1cc2c(cc1O)CNC2. The zero-order chi connectivity index (χ0) is 15.7. The minimum atomic E-state index is -0.0348. The monoisotopic (exact) mass is 462 g/mol. The van der Waals surface area contributed by atoms with E-state index in [-0.39, 0.29) is 57.0 Å². The van der Waals surface area contributed by atoms with Crippen LogP contribution in [0.2, 0.25) is 0 Å². The van der Waals surface area contributed by atoms with Crippen LogP contribution in [0.15, 0.2) is 24.3 Å². The second kappa shape index (κ2) is 8.57. The molecule has 2 aromatic carbocycles. The van der Waals surface area contributed by atoms with Crippen LogP contribution < -0.4 is 10.6 Å². The van der Waals surface area contributed by atoms with Gasteiger partial charge in [-0.15, -0.1) is 34.0 Å². The van der Waals surface area contributed by atoms with Crippen molar-refractivity contribution in [2.75, 3.05) is 0 Å². The predicted octanol–water partition coefficient (Wildman–Crippen LogP) is 2.56. The molecule has 0 atom stereocenters. The fraction of sp³-hybridized carbons (Fsp3) is 0.250. The molecule has 0 aromatic heterocycles. The number of hydrogen-bond acceptors (Lipinski definition) is 6. The Bertz CT molecular complexity index is 606. The molecule has 8 heteroatoms. The average Bonchev–Trinajstić information content (AvgIpc) is 3.09. The van der Waals surface area contributed by atoms with Crippen LogP contribution in [-0.4, -0.2) is 20.4 Å². The van der Waals surface area contributed by atoms with Crippen molar-refractivity contribution < 1.29 is 20.4 Å². The summed E-state index contributed by atoms with van der Waals surface area (Å²) >= 11 is 0. The first-order chi connectivity index (χ1) is 10.5. The largest absolute Gasteiger partial charge is 0.504 e. The molecular formula is C16H20Br2N2O4. The quantitative estimate of drug-likeness (QED) is 0.335. The lowest BCUT2D eigenvalue weighted by Gasteiger charge is -2.00. The lowest BCUT2D eigenvalue weighted by Crippen LogP contribution is -1.99. The van der Waals surface area contributed by atoms with Gasteiger partial charge in [-0.05, 0) is 46.5 Å². The first kappa shape index (κ1) is 20.6. The third-order valence-electron chi connectivity index (χ3n) is 3.86. The molecule has 0 aliphatic carbocycles. The zero-order valence-corrected chi connectivity index (χ0v) is 16.2. The van der Waals surface area contributed by atoms with Crippen molar-refractivity contribution in [2.24, 2.45) is 0 Å². The normalized spacial score (nSPS) is 13.7. The molecule has 24 heavy (non-hydrogen) atoms. The Hall–Kier alpha value is -1.48. The summed E-state index contributed by atoms with van der Waals surface area (Å²) in [6.07, 6.45) is 0. The maximum absolute atomic E-state index is 9.11. The van der Waals surface area contributed by atoms with Gasteiger partial charge in [-0.2, -0.15) is 0 Å². The van der Waals surface area contributed by atoms with E-state index in [0.717, 1.165) is 48.4 Å². The lowest BCUT2D eigenvalue weighted by atomic mass is 10.1. The van der Waals surface area contributed by atoms with Gasteiger partial charge in [0.05, 0.1) is 0 Å². The van der Waals surface area contributed by atoms with E-state index in [0.29, 0.717) is 0 Å². The summed E-state index contributed by atoms with van der Waals surface area (Å²) in [6, 6.07) is 6.41. The van der Waals surface area contributed by atoms with Crippen LogP contribution in [0.25, 0.3) is 0 Å². The van der Waals surface area contributed by atoms with E-state index in [1.807, 2.05) is 0 Å². The zero-order valence-electron chi connectivity index (χ0n) is 12.7. The third-order valence-corrected chi connectivity index (χ3v) is 3.86. The lowest BCUT2D eigenvalue weighted by molar-refractivity contribution is 0.403. The van der Waals surface area contributed by atoms with E-state index in [1.165, 1.54) is 0 Å². The van der Waals surface area contributed by atoms with Gasteiger partial charge in [0, 0.05) is 26.2 Å². The molecule has 0 unspecified atom stereocenters. The Morgan fingerprint density at radius 1 is 0.500 bits per heavy atom. The number of rotatable bonds is 0. The standard InChI is InChI=1S/2C8H9NO2.2BrH/c2*10-7-1-5-3-9-4-6(5)2-8(7)11;;/h2*1-2,9-11H,3-4H2;2*1H. The molecule has 0 spiro atoms. The highest BCUT2D eigenvalue weighted by Gasteiger charge is 2.13. The van der Waals surface area contributed by atoms with Gasteiger partial charge >= 0.3 is 0 Å². The van der Waals surface area contributed by atoms with Crippen molar-refractivity contribution >= 4 is 34.0 Å². The first-order valence-corrected chi connectivity index (χ1v) is 7.03. The highest BCUT2D eigenvalue weighted by atomic mass is 79.9. The maximum atomic E-state index is 9.11. The molecule has 2 aliphatic rings. The van der Waals surface area contributed by atoms with Crippen LogP contribution in [0.3, 0.4) is 0 Å². The smallest absolute Gasteiger partial charge is 0.157 e. The summed E-state index contributed by atoms with van der Waals surface area (Å²) < 4.78 is 0. The summed E-state index contributed by atoms with van der Waals surface area (Å²) in [5.41, 5.74) is 4.28. The van der Waals surface area contributed by atoms with E-state index in [2.05, 4.69) is 10.6 Å². The van der Waals surface area contributed by atoms with Crippen LogP contribution >= 0.6 is 34.0 Å². The Kier molecular flexibility index (Phi) is 7.34. The first-order valence-electron chi connectivity index (χ1n) is 7.03. The van der Waals surface area contributed by atoms with Crippen molar-refractivity contribution in [3.63, 3.8) is 0 Å². The maximum Gasteiger partial charge on any atom is 0.157 e. The third kappa shape index (κ3) is 4.32. The van der Waals surface area contributed by atoms with Gasteiger partial charge in [0.15, 0.2) is 23.0 Å². The summed E-state index contributed by atoms with van der Waals surface area (Å²) in [6.45, 7) is 3.12. The van der Waals surface area contributed by atoms with Crippen molar-refractivity contribution in [3.05, 3.63) is 46.5 Å². The van der Waals surface area contributed by atoms with E-state index >= 15 is 0 Å². The highest BCUT2D eigenvalue weighted by molar-refractivity contribution is 8.93. The molecule has 0 bridgehead atoms. The Morgan fingerprint density at radius 2 is 0.708 bits per heavy atom. The van der Waals surface area contributed by atoms with Crippen molar-refractivity contribution in [1.82, 2.24) is 10.6 Å². The molecule has 0 amide bonds. The molecule has 6 nitrogen and oxygen atoms in total. The second-order valence-electron chi connectivity index (χ2n) is 5.43. The topological polar surface area (TPSA) is 105 Å². The van der Waals surface area contributed by atoms with Crippen LogP contribution in [-0.2, 0) is 26.2 Å². The fourth-order valence-electron chi connectivity index (χ4n) is 2.65. The molecule has 0 fully saturated rings. The van der Waals surface area contributed by atoms with Gasteiger partial charge in [-0.1, -0.05) is 0 Å². The summed E-state index contributed by atoms with van der Waals surface area (Å²) in [4.78, 5) is 0. The van der Waals surface area contributed by atoms with E-state index in [1.54, 1.807) is 24.3 Å². The van der Waals surface area contributed by atoms with Gasteiger partial charge in [0.2, 0.25) is 0 Å². The van der Waals surface area contributed by atoms with Crippen molar-refractivity contribution in [1.29, 1.82) is 0 Å². The van der Waals surface area contributed by atoms with Crippen LogP contribution in [0.4, 0.5) is 0 Å². The van der Waals surface area contributed by atoms with E-state index in [9.17, 15) is 0 Å². The average molecular weight is 464 g/mol. The van der Waals surface area contributed by atoms with Crippen LogP contribution in [0.1, 0.15) is 22.3 Å². The number of nitrogens with one attached hydrogen (secondary N) is 2. The fourth-order valence-corrected chi connectivity index (χ4v) is 2.65. The number of hydrogen-bond donors (Lipinski definition) is 6. The number of aromatic hydroxyl groups is 4. The van der Waals surface area contributed by atoms with Gasteiger partial charge < -0.3 is 31.1 Å². The van der Waals surface area contributed by atoms with Crippen LogP contribution in [0, 0.1) is 0 Å². The van der Waals surface area contributed by atoms with Gasteiger partial charge in [-0.3, -0.25) is 0 Å². The molecule has 6 N–H and O–H groups in total.